The Bertz CT molecular complexity index is 639. The van der Waals surface area contributed by atoms with Crippen LogP contribution < -0.4 is 5.43 Å². The van der Waals surface area contributed by atoms with Crippen LogP contribution in [0.25, 0.3) is 0 Å². The highest BCUT2D eigenvalue weighted by Crippen LogP contribution is 2.22. The van der Waals surface area contributed by atoms with Gasteiger partial charge < -0.3 is 0 Å². The fraction of sp³-hybridized carbons (Fsp3) is 0.143. The Balaban J connectivity index is 1.99. The van der Waals surface area contributed by atoms with E-state index in [1.165, 1.54) is 0 Å². The minimum absolute atomic E-state index is 0.146. The van der Waals surface area contributed by atoms with E-state index in [0.717, 1.165) is 10.4 Å². The summed E-state index contributed by atoms with van der Waals surface area (Å²) in [5.74, 6) is -0.146. The van der Waals surface area contributed by atoms with Crippen molar-refractivity contribution in [3.05, 3.63) is 56.2 Å². The van der Waals surface area contributed by atoms with Crippen LogP contribution >= 0.6 is 34.5 Å². The second kappa shape index (κ2) is 6.88. The Labute approximate surface area is 131 Å². The van der Waals surface area contributed by atoms with Crippen molar-refractivity contribution in [2.75, 3.05) is 0 Å². The number of amides is 1. The molecular weight excluding hydrogens is 315 g/mol. The fourth-order valence-corrected chi connectivity index (χ4v) is 2.54. The van der Waals surface area contributed by atoms with Crippen LogP contribution in [0, 0.1) is 0 Å². The summed E-state index contributed by atoms with van der Waals surface area (Å²) in [5.41, 5.74) is 4.02. The van der Waals surface area contributed by atoms with Crippen molar-refractivity contribution in [2.45, 2.75) is 13.3 Å². The molecule has 0 aliphatic carbocycles. The van der Waals surface area contributed by atoms with Crippen LogP contribution in [0.3, 0.4) is 0 Å². The maximum atomic E-state index is 11.7. The lowest BCUT2D eigenvalue weighted by molar-refractivity contribution is -0.120. The van der Waals surface area contributed by atoms with E-state index in [0.29, 0.717) is 22.2 Å². The van der Waals surface area contributed by atoms with Crippen LogP contribution in [0.4, 0.5) is 0 Å². The molecular formula is C14H12Cl2N2OS. The van der Waals surface area contributed by atoms with Crippen molar-refractivity contribution in [2.24, 2.45) is 5.10 Å². The van der Waals surface area contributed by atoms with Crippen molar-refractivity contribution in [1.29, 1.82) is 0 Å². The number of hydrazone groups is 1. The first kappa shape index (κ1) is 15.0. The first-order chi connectivity index (χ1) is 9.56. The van der Waals surface area contributed by atoms with E-state index in [1.807, 2.05) is 17.5 Å². The van der Waals surface area contributed by atoms with E-state index in [2.05, 4.69) is 10.5 Å². The number of rotatable bonds is 4. The van der Waals surface area contributed by atoms with Crippen LogP contribution in [0.2, 0.25) is 10.0 Å². The molecule has 0 bridgehead atoms. The molecule has 0 fully saturated rings. The smallest absolute Gasteiger partial charge is 0.245 e. The number of benzene rings is 1. The molecule has 2 aromatic rings. The number of hydrogen-bond acceptors (Lipinski definition) is 3. The van der Waals surface area contributed by atoms with E-state index in [4.69, 9.17) is 23.2 Å². The zero-order valence-electron chi connectivity index (χ0n) is 10.7. The maximum Gasteiger partial charge on any atom is 0.245 e. The SMILES string of the molecule is CC(=NNC(=O)Cc1cccs1)c1ccc(Cl)c(Cl)c1. The third-order valence-corrected chi connectivity index (χ3v) is 4.22. The molecule has 1 aromatic carbocycles. The van der Waals surface area contributed by atoms with Crippen LogP contribution in [0.1, 0.15) is 17.4 Å². The number of hydrogen-bond donors (Lipinski definition) is 1. The molecule has 0 saturated heterocycles. The Hall–Kier alpha value is -1.36. The van der Waals surface area contributed by atoms with Gasteiger partial charge in [0, 0.05) is 4.88 Å². The van der Waals surface area contributed by atoms with E-state index >= 15 is 0 Å². The zero-order valence-corrected chi connectivity index (χ0v) is 13.0. The lowest BCUT2D eigenvalue weighted by atomic mass is 10.1. The predicted octanol–water partition coefficient (Wildman–Crippen LogP) is 4.14. The van der Waals surface area contributed by atoms with Gasteiger partial charge >= 0.3 is 0 Å². The van der Waals surface area contributed by atoms with Gasteiger partial charge in [-0.15, -0.1) is 11.3 Å². The highest BCUT2D eigenvalue weighted by Gasteiger charge is 2.05. The summed E-state index contributed by atoms with van der Waals surface area (Å²) < 4.78 is 0. The van der Waals surface area contributed by atoms with Gasteiger partial charge in [-0.1, -0.05) is 35.3 Å². The van der Waals surface area contributed by atoms with Gasteiger partial charge in [-0.25, -0.2) is 5.43 Å². The molecule has 0 unspecified atom stereocenters. The molecule has 1 amide bonds. The van der Waals surface area contributed by atoms with Crippen molar-refractivity contribution in [3.8, 4) is 0 Å². The van der Waals surface area contributed by atoms with Crippen LogP contribution in [-0.2, 0) is 11.2 Å². The quantitative estimate of drug-likeness (QED) is 0.665. The molecule has 6 heteroatoms. The average Bonchev–Trinajstić information content (AvgIpc) is 2.92. The van der Waals surface area contributed by atoms with E-state index in [1.54, 1.807) is 36.5 Å². The Morgan fingerprint density at radius 2 is 2.10 bits per heavy atom. The summed E-state index contributed by atoms with van der Waals surface area (Å²) in [6.07, 6.45) is 0.329. The number of nitrogens with zero attached hydrogens (tertiary/aromatic N) is 1. The van der Waals surface area contributed by atoms with Crippen LogP contribution in [0.5, 0.6) is 0 Å². The van der Waals surface area contributed by atoms with Gasteiger partial charge in [0.2, 0.25) is 5.91 Å². The summed E-state index contributed by atoms with van der Waals surface area (Å²) in [7, 11) is 0. The largest absolute Gasteiger partial charge is 0.273 e. The molecule has 1 aromatic heterocycles. The first-order valence-corrected chi connectivity index (χ1v) is 7.51. The second-order valence-electron chi connectivity index (χ2n) is 4.12. The molecule has 0 spiro atoms. The maximum absolute atomic E-state index is 11.7. The highest BCUT2D eigenvalue weighted by atomic mass is 35.5. The van der Waals surface area contributed by atoms with Gasteiger partial charge in [0.15, 0.2) is 0 Å². The van der Waals surface area contributed by atoms with Gasteiger partial charge in [-0.3, -0.25) is 4.79 Å². The van der Waals surface area contributed by atoms with E-state index < -0.39 is 0 Å². The fourth-order valence-electron chi connectivity index (χ4n) is 1.54. The third-order valence-electron chi connectivity index (χ3n) is 2.60. The molecule has 1 heterocycles. The number of nitrogens with one attached hydrogen (secondary N) is 1. The number of carbonyl (C=O) groups excluding carboxylic acids is 1. The Morgan fingerprint density at radius 3 is 2.75 bits per heavy atom. The number of carbonyl (C=O) groups is 1. The van der Waals surface area contributed by atoms with Crippen molar-refractivity contribution < 1.29 is 4.79 Å². The van der Waals surface area contributed by atoms with Gasteiger partial charge in [0.1, 0.15) is 0 Å². The minimum Gasteiger partial charge on any atom is -0.273 e. The van der Waals surface area contributed by atoms with E-state index in [9.17, 15) is 4.79 Å². The summed E-state index contributed by atoms with van der Waals surface area (Å²) in [6, 6.07) is 9.05. The second-order valence-corrected chi connectivity index (χ2v) is 5.96. The lowest BCUT2D eigenvalue weighted by Crippen LogP contribution is -2.20. The van der Waals surface area contributed by atoms with Gasteiger partial charge in [-0.2, -0.15) is 5.10 Å². The normalized spacial score (nSPS) is 11.4. The first-order valence-electron chi connectivity index (χ1n) is 5.87. The van der Waals surface area contributed by atoms with Gasteiger partial charge in [0.05, 0.1) is 22.2 Å². The van der Waals surface area contributed by atoms with Crippen LogP contribution in [0.15, 0.2) is 40.8 Å². The standard InChI is InChI=1S/C14H12Cl2N2OS/c1-9(10-4-5-12(15)13(16)7-10)17-18-14(19)8-11-3-2-6-20-11/h2-7H,8H2,1H3,(H,18,19). The molecule has 2 rings (SSSR count). The molecule has 104 valence electrons. The molecule has 0 saturated carbocycles. The van der Waals surface area contributed by atoms with Crippen LogP contribution in [-0.4, -0.2) is 11.6 Å². The number of thiophene rings is 1. The molecule has 3 nitrogen and oxygen atoms in total. The summed E-state index contributed by atoms with van der Waals surface area (Å²) in [4.78, 5) is 12.7. The number of halogens is 2. The van der Waals surface area contributed by atoms with Crippen molar-refractivity contribution >= 4 is 46.2 Å². The average molecular weight is 327 g/mol. The van der Waals surface area contributed by atoms with Crippen molar-refractivity contribution in [3.63, 3.8) is 0 Å². The molecule has 1 N–H and O–H groups in total. The molecule has 20 heavy (non-hydrogen) atoms. The Kier molecular flexibility index (Phi) is 5.17. The van der Waals surface area contributed by atoms with Crippen molar-refractivity contribution in [1.82, 2.24) is 5.43 Å². The summed E-state index contributed by atoms with van der Waals surface area (Å²) in [5, 5.41) is 6.96. The molecule has 0 aliphatic rings. The molecule has 0 radical (unpaired) electrons. The minimum atomic E-state index is -0.146. The predicted molar refractivity (Wildman–Crippen MR) is 84.8 cm³/mol. The lowest BCUT2D eigenvalue weighted by Gasteiger charge is -2.04. The monoisotopic (exact) mass is 326 g/mol. The summed E-state index contributed by atoms with van der Waals surface area (Å²) >= 11 is 13.3. The zero-order chi connectivity index (χ0) is 14.5. The molecule has 0 atom stereocenters. The van der Waals surface area contributed by atoms with Gasteiger partial charge in [-0.05, 0) is 36.1 Å². The highest BCUT2D eigenvalue weighted by molar-refractivity contribution is 7.10. The van der Waals surface area contributed by atoms with E-state index in [-0.39, 0.29) is 5.91 Å². The topological polar surface area (TPSA) is 41.5 Å². The summed E-state index contributed by atoms with van der Waals surface area (Å²) in [6.45, 7) is 1.80. The Morgan fingerprint density at radius 1 is 1.30 bits per heavy atom. The van der Waals surface area contributed by atoms with Gasteiger partial charge in [0.25, 0.3) is 0 Å². The molecule has 0 aliphatic heterocycles. The third kappa shape index (κ3) is 4.07.